The number of carbonyl (C=O) groups excluding carboxylic acids is 2. The van der Waals surface area contributed by atoms with Crippen LogP contribution in [0.15, 0.2) is 57.0 Å². The molecular formula is C14H8O2S2. The number of benzene rings is 1. The molecule has 18 heavy (non-hydrogen) atoms. The molecule has 0 unspecified atom stereocenters. The summed E-state index contributed by atoms with van der Waals surface area (Å²) in [5.74, 6) is -0.159. The van der Waals surface area contributed by atoms with E-state index in [1.807, 2.05) is 17.5 Å². The average Bonchev–Trinajstić information content (AvgIpc) is 2.89. The van der Waals surface area contributed by atoms with Gasteiger partial charge in [-0.25, -0.2) is 0 Å². The lowest BCUT2D eigenvalue weighted by Crippen LogP contribution is -2.15. The Morgan fingerprint density at radius 1 is 0.944 bits per heavy atom. The van der Waals surface area contributed by atoms with Gasteiger partial charge in [0.05, 0.1) is 9.11 Å². The topological polar surface area (TPSA) is 34.1 Å². The van der Waals surface area contributed by atoms with Gasteiger partial charge in [-0.2, -0.15) is 0 Å². The van der Waals surface area contributed by atoms with Gasteiger partial charge in [0.1, 0.15) is 0 Å². The molecule has 0 aliphatic heterocycles. The van der Waals surface area contributed by atoms with Gasteiger partial charge < -0.3 is 0 Å². The van der Waals surface area contributed by atoms with Crippen molar-refractivity contribution >= 4 is 34.7 Å². The lowest BCUT2D eigenvalue weighted by molar-refractivity contribution is 0.0991. The Kier molecular flexibility index (Phi) is 2.89. The Labute approximate surface area is 112 Å². The number of thiophene rings is 1. The second kappa shape index (κ2) is 4.55. The molecule has 0 fully saturated rings. The number of thioether (sulfide) groups is 1. The minimum Gasteiger partial charge on any atom is -0.289 e. The van der Waals surface area contributed by atoms with Crippen LogP contribution in [0.5, 0.6) is 0 Å². The zero-order valence-electron chi connectivity index (χ0n) is 9.25. The van der Waals surface area contributed by atoms with Gasteiger partial charge in [-0.1, -0.05) is 42.1 Å². The maximum atomic E-state index is 12.3. The van der Waals surface area contributed by atoms with Crippen molar-refractivity contribution in [3.63, 3.8) is 0 Å². The summed E-state index contributed by atoms with van der Waals surface area (Å²) >= 11 is 2.92. The summed E-state index contributed by atoms with van der Waals surface area (Å²) in [6, 6.07) is 10.8. The Morgan fingerprint density at radius 2 is 1.72 bits per heavy atom. The van der Waals surface area contributed by atoms with Crippen LogP contribution in [0.4, 0.5) is 0 Å². The zero-order valence-corrected chi connectivity index (χ0v) is 10.9. The third-order valence-corrected chi connectivity index (χ3v) is 4.69. The van der Waals surface area contributed by atoms with Gasteiger partial charge in [0.2, 0.25) is 5.78 Å². The molecule has 0 saturated carbocycles. The van der Waals surface area contributed by atoms with Crippen molar-refractivity contribution in [1.82, 2.24) is 0 Å². The summed E-state index contributed by atoms with van der Waals surface area (Å²) in [4.78, 5) is 24.7. The lowest BCUT2D eigenvalue weighted by atomic mass is 9.95. The van der Waals surface area contributed by atoms with Crippen molar-refractivity contribution in [3.05, 3.63) is 63.9 Å². The first-order valence-electron chi connectivity index (χ1n) is 5.37. The van der Waals surface area contributed by atoms with Crippen molar-refractivity contribution in [2.45, 2.75) is 4.21 Å². The molecule has 88 valence electrons. The predicted molar refractivity (Wildman–Crippen MR) is 73.4 cm³/mol. The molecule has 2 nitrogen and oxygen atoms in total. The fraction of sp³-hybridized carbons (Fsp3) is 0. The van der Waals surface area contributed by atoms with Gasteiger partial charge in [-0.3, -0.25) is 9.59 Å². The first-order valence-corrected chi connectivity index (χ1v) is 7.06. The highest BCUT2D eigenvalue weighted by Crippen LogP contribution is 2.35. The maximum absolute atomic E-state index is 12.3. The third kappa shape index (κ3) is 1.94. The van der Waals surface area contributed by atoms with E-state index in [-0.39, 0.29) is 11.6 Å². The number of fused-ring (bicyclic) bond motifs is 1. The SMILES string of the molecule is O=C1C=C(Sc2cccs2)C(=O)c2ccccc21. The number of Topliss-reactive ketones (excluding diaryl/α,β-unsaturated/α-hetero) is 1. The van der Waals surface area contributed by atoms with E-state index in [1.54, 1.807) is 35.6 Å². The molecule has 0 amide bonds. The molecule has 1 aliphatic rings. The van der Waals surface area contributed by atoms with Crippen molar-refractivity contribution in [2.75, 3.05) is 0 Å². The normalized spacial score (nSPS) is 14.3. The van der Waals surface area contributed by atoms with Crippen molar-refractivity contribution < 1.29 is 9.59 Å². The highest BCUT2D eigenvalue weighted by molar-refractivity contribution is 8.05. The average molecular weight is 272 g/mol. The molecule has 0 bridgehead atoms. The highest BCUT2D eigenvalue weighted by atomic mass is 32.2. The van der Waals surface area contributed by atoms with E-state index >= 15 is 0 Å². The second-order valence-corrected chi connectivity index (χ2v) is 6.07. The van der Waals surface area contributed by atoms with E-state index in [9.17, 15) is 9.59 Å². The number of hydrogen-bond acceptors (Lipinski definition) is 4. The molecule has 0 saturated heterocycles. The van der Waals surface area contributed by atoms with E-state index in [1.165, 1.54) is 17.8 Å². The molecule has 1 aromatic heterocycles. The van der Waals surface area contributed by atoms with E-state index in [4.69, 9.17) is 0 Å². The van der Waals surface area contributed by atoms with Gasteiger partial charge in [0.15, 0.2) is 5.78 Å². The Hall–Kier alpha value is -1.65. The maximum Gasteiger partial charge on any atom is 0.200 e. The van der Waals surface area contributed by atoms with Crippen LogP contribution in [-0.2, 0) is 0 Å². The van der Waals surface area contributed by atoms with E-state index in [0.717, 1.165) is 4.21 Å². The second-order valence-electron chi connectivity index (χ2n) is 3.78. The van der Waals surface area contributed by atoms with Gasteiger partial charge in [0, 0.05) is 17.2 Å². The van der Waals surface area contributed by atoms with Gasteiger partial charge in [0.25, 0.3) is 0 Å². The van der Waals surface area contributed by atoms with Gasteiger partial charge >= 0.3 is 0 Å². The minimum absolute atomic E-state index is 0.0661. The molecule has 1 aromatic carbocycles. The van der Waals surface area contributed by atoms with Crippen LogP contribution < -0.4 is 0 Å². The quantitative estimate of drug-likeness (QED) is 0.833. The fourth-order valence-electron chi connectivity index (χ4n) is 1.80. The molecule has 4 heteroatoms. The molecule has 0 N–H and O–H groups in total. The molecule has 1 heterocycles. The largest absolute Gasteiger partial charge is 0.289 e. The third-order valence-electron chi connectivity index (χ3n) is 2.63. The van der Waals surface area contributed by atoms with Crippen molar-refractivity contribution in [1.29, 1.82) is 0 Å². The zero-order chi connectivity index (χ0) is 12.5. The van der Waals surface area contributed by atoms with Crippen molar-refractivity contribution in [3.8, 4) is 0 Å². The number of ketones is 2. The Balaban J connectivity index is 1.99. The van der Waals surface area contributed by atoms with Crippen LogP contribution in [0.25, 0.3) is 0 Å². The summed E-state index contributed by atoms with van der Waals surface area (Å²) in [5.41, 5.74) is 1.00. The summed E-state index contributed by atoms with van der Waals surface area (Å²) in [6.45, 7) is 0. The van der Waals surface area contributed by atoms with Crippen LogP contribution in [0.2, 0.25) is 0 Å². The first kappa shape index (κ1) is 11.4. The Bertz CT molecular complexity index is 654. The fourth-order valence-corrected chi connectivity index (χ4v) is 3.61. The number of hydrogen-bond donors (Lipinski definition) is 0. The standard InChI is InChI=1S/C14H8O2S2/c15-11-8-12(18-13-6-3-7-17-13)14(16)10-5-2-1-4-9(10)11/h1-8H. The molecular weight excluding hydrogens is 264 g/mol. The van der Waals surface area contributed by atoms with Gasteiger partial charge in [-0.05, 0) is 11.4 Å². The Morgan fingerprint density at radius 3 is 2.44 bits per heavy atom. The molecule has 1 aliphatic carbocycles. The van der Waals surface area contributed by atoms with E-state index in [2.05, 4.69) is 0 Å². The minimum atomic E-state index is -0.0933. The van der Waals surface area contributed by atoms with E-state index < -0.39 is 0 Å². The lowest BCUT2D eigenvalue weighted by Gasteiger charge is -2.13. The summed E-state index contributed by atoms with van der Waals surface area (Å²) in [7, 11) is 0. The smallest absolute Gasteiger partial charge is 0.200 e. The van der Waals surface area contributed by atoms with E-state index in [0.29, 0.717) is 16.0 Å². The van der Waals surface area contributed by atoms with Crippen LogP contribution in [0.1, 0.15) is 20.7 Å². The summed E-state index contributed by atoms with van der Waals surface area (Å²) in [6.07, 6.45) is 1.44. The molecule has 3 rings (SSSR count). The van der Waals surface area contributed by atoms with Crippen molar-refractivity contribution in [2.24, 2.45) is 0 Å². The number of carbonyl (C=O) groups is 2. The predicted octanol–water partition coefficient (Wildman–Crippen LogP) is 3.80. The molecule has 0 radical (unpaired) electrons. The van der Waals surface area contributed by atoms with Gasteiger partial charge in [-0.15, -0.1) is 11.3 Å². The van der Waals surface area contributed by atoms with Crippen LogP contribution >= 0.6 is 23.1 Å². The molecule has 2 aromatic rings. The van der Waals surface area contributed by atoms with Crippen LogP contribution in [-0.4, -0.2) is 11.6 Å². The first-order chi connectivity index (χ1) is 8.75. The summed E-state index contributed by atoms with van der Waals surface area (Å²) in [5, 5.41) is 1.95. The number of allylic oxidation sites excluding steroid dienone is 2. The van der Waals surface area contributed by atoms with Crippen LogP contribution in [0, 0.1) is 0 Å². The highest BCUT2D eigenvalue weighted by Gasteiger charge is 2.25. The summed E-state index contributed by atoms with van der Waals surface area (Å²) < 4.78 is 1.02. The monoisotopic (exact) mass is 272 g/mol. The van der Waals surface area contributed by atoms with Crippen LogP contribution in [0.3, 0.4) is 0 Å². The number of rotatable bonds is 2. The molecule has 0 atom stereocenters. The molecule has 0 spiro atoms.